The van der Waals surface area contributed by atoms with E-state index in [1.165, 1.54) is 0 Å². The number of amides is 4. The Labute approximate surface area is 266 Å². The normalized spacial score (nSPS) is 11.5. The molecule has 0 heterocycles. The van der Waals surface area contributed by atoms with Crippen molar-refractivity contribution in [3.05, 3.63) is 0 Å². The van der Waals surface area contributed by atoms with Crippen molar-refractivity contribution in [3.63, 3.8) is 0 Å². The van der Waals surface area contributed by atoms with Crippen LogP contribution in [0.25, 0.3) is 0 Å². The molecular weight excluding hydrogens is 564 g/mol. The first-order chi connectivity index (χ1) is 20.8. The summed E-state index contributed by atoms with van der Waals surface area (Å²) in [6.45, 7) is 17.1. The molecule has 12 nitrogen and oxygen atoms in total. The molecule has 0 bridgehead atoms. The summed E-state index contributed by atoms with van der Waals surface area (Å²) >= 11 is 0. The summed E-state index contributed by atoms with van der Waals surface area (Å²) in [5.74, 6) is 0.162. The van der Waals surface area contributed by atoms with Crippen LogP contribution in [0.4, 0.5) is 9.59 Å². The molecule has 0 aliphatic carbocycles. The van der Waals surface area contributed by atoms with Crippen LogP contribution in [-0.2, 0) is 19.1 Å². The van der Waals surface area contributed by atoms with Crippen molar-refractivity contribution in [1.29, 1.82) is 0 Å². The smallest absolute Gasteiger partial charge is 0.407 e. The van der Waals surface area contributed by atoms with E-state index in [4.69, 9.17) is 9.47 Å². The number of carbonyl (C=O) groups is 4. The predicted octanol–water partition coefficient (Wildman–Crippen LogP) is 4.13. The van der Waals surface area contributed by atoms with Crippen LogP contribution in [0.5, 0.6) is 0 Å². The summed E-state index contributed by atoms with van der Waals surface area (Å²) < 4.78 is 10.4. The first-order valence-corrected chi connectivity index (χ1v) is 16.7. The minimum absolute atomic E-state index is 0.0808. The molecule has 0 fully saturated rings. The topological polar surface area (TPSA) is 159 Å². The number of hydrogen-bond acceptors (Lipinski definition) is 8. The summed E-state index contributed by atoms with van der Waals surface area (Å²) in [5, 5.41) is 18.2. The van der Waals surface area contributed by atoms with Crippen molar-refractivity contribution >= 4 is 24.0 Å². The van der Waals surface area contributed by atoms with Gasteiger partial charge in [-0.15, -0.1) is 0 Å². The molecule has 0 unspecified atom stereocenters. The second-order valence-electron chi connectivity index (χ2n) is 13.1. The molecule has 6 N–H and O–H groups in total. The first-order valence-electron chi connectivity index (χ1n) is 16.7. The van der Waals surface area contributed by atoms with Crippen LogP contribution in [-0.4, -0.2) is 87.6 Å². The lowest BCUT2D eigenvalue weighted by molar-refractivity contribution is -0.122. The molecule has 0 aliphatic heterocycles. The monoisotopic (exact) mass is 628 g/mol. The molecule has 0 aliphatic rings. The number of carbonyl (C=O) groups excluding carboxylic acids is 4. The quantitative estimate of drug-likeness (QED) is 0.0824. The van der Waals surface area contributed by atoms with Gasteiger partial charge in [0.2, 0.25) is 11.8 Å². The van der Waals surface area contributed by atoms with E-state index in [-0.39, 0.29) is 11.8 Å². The van der Waals surface area contributed by atoms with Crippen molar-refractivity contribution in [3.8, 4) is 0 Å². The van der Waals surface area contributed by atoms with Crippen molar-refractivity contribution in [2.45, 2.75) is 130 Å². The number of alkyl carbamates (subject to hydrolysis) is 2. The van der Waals surface area contributed by atoms with Crippen molar-refractivity contribution in [1.82, 2.24) is 31.9 Å². The van der Waals surface area contributed by atoms with Crippen LogP contribution in [0.1, 0.15) is 119 Å². The maximum atomic E-state index is 11.9. The zero-order valence-corrected chi connectivity index (χ0v) is 28.6. The minimum Gasteiger partial charge on any atom is -0.444 e. The van der Waals surface area contributed by atoms with Gasteiger partial charge in [0, 0.05) is 39.0 Å². The van der Waals surface area contributed by atoms with E-state index in [0.29, 0.717) is 39.0 Å². The van der Waals surface area contributed by atoms with Gasteiger partial charge in [-0.1, -0.05) is 12.8 Å². The molecule has 0 saturated carbocycles. The van der Waals surface area contributed by atoms with Gasteiger partial charge in [-0.25, -0.2) is 9.59 Å². The largest absolute Gasteiger partial charge is 0.444 e. The van der Waals surface area contributed by atoms with Crippen LogP contribution in [0.3, 0.4) is 0 Å². The second-order valence-corrected chi connectivity index (χ2v) is 13.1. The van der Waals surface area contributed by atoms with Crippen molar-refractivity contribution in [2.75, 3.05) is 52.4 Å². The minimum atomic E-state index is -0.492. The van der Waals surface area contributed by atoms with Crippen molar-refractivity contribution < 1.29 is 28.7 Å². The van der Waals surface area contributed by atoms with E-state index >= 15 is 0 Å². The Balaban J connectivity index is 3.35. The number of unbranched alkanes of at least 4 members (excludes halogenated alkanes) is 5. The third-order valence-electron chi connectivity index (χ3n) is 6.16. The molecular formula is C32H64N6O6. The Hall–Kier alpha value is -2.60. The van der Waals surface area contributed by atoms with E-state index < -0.39 is 23.4 Å². The third kappa shape index (κ3) is 32.3. The molecule has 0 aromatic carbocycles. The highest BCUT2D eigenvalue weighted by molar-refractivity contribution is 5.76. The summed E-state index contributed by atoms with van der Waals surface area (Å²) in [5.41, 5.74) is -0.983. The fourth-order valence-electron chi connectivity index (χ4n) is 3.99. The van der Waals surface area contributed by atoms with Gasteiger partial charge in [0.1, 0.15) is 11.2 Å². The van der Waals surface area contributed by atoms with Crippen LogP contribution in [0.2, 0.25) is 0 Å². The standard InChI is InChI=1S/C32H64N6O6/c1-31(2,3)43-29(41)37-23-11-7-9-17-27(39)35-25-15-21-33-19-13-14-20-34-22-16-26-36-28(40)18-10-8-12-24-38-30(42)44-32(4,5)6/h33-34H,7-26H2,1-6H3,(H,35,39)(H,36,40)(H,37,41)(H,38,42). The van der Waals surface area contributed by atoms with E-state index in [1.807, 2.05) is 41.5 Å². The average molecular weight is 629 g/mol. The number of rotatable bonds is 25. The molecule has 0 atom stereocenters. The Morgan fingerprint density at radius 1 is 0.409 bits per heavy atom. The maximum absolute atomic E-state index is 11.9. The van der Waals surface area contributed by atoms with E-state index in [2.05, 4.69) is 31.9 Å². The lowest BCUT2D eigenvalue weighted by Gasteiger charge is -2.19. The predicted molar refractivity (Wildman–Crippen MR) is 176 cm³/mol. The Morgan fingerprint density at radius 3 is 1.09 bits per heavy atom. The molecule has 258 valence electrons. The second kappa shape index (κ2) is 25.7. The lowest BCUT2D eigenvalue weighted by atomic mass is 10.2. The maximum Gasteiger partial charge on any atom is 0.407 e. The summed E-state index contributed by atoms with van der Waals surface area (Å²) in [4.78, 5) is 47.0. The Morgan fingerprint density at radius 2 is 0.727 bits per heavy atom. The summed E-state index contributed by atoms with van der Waals surface area (Å²) in [7, 11) is 0. The fourth-order valence-corrected chi connectivity index (χ4v) is 3.99. The van der Waals surface area contributed by atoms with Crippen LogP contribution >= 0.6 is 0 Å². The van der Waals surface area contributed by atoms with Gasteiger partial charge < -0.3 is 41.4 Å². The van der Waals surface area contributed by atoms with E-state index in [9.17, 15) is 19.2 Å². The number of hydrogen-bond donors (Lipinski definition) is 6. The van der Waals surface area contributed by atoms with Crippen LogP contribution in [0.15, 0.2) is 0 Å². The molecule has 0 radical (unpaired) electrons. The molecule has 12 heteroatoms. The highest BCUT2D eigenvalue weighted by Gasteiger charge is 2.16. The number of ether oxygens (including phenoxy) is 2. The lowest BCUT2D eigenvalue weighted by Crippen LogP contribution is -2.33. The molecule has 0 aromatic rings. The van der Waals surface area contributed by atoms with Gasteiger partial charge >= 0.3 is 12.2 Å². The molecule has 0 aromatic heterocycles. The molecule has 4 amide bonds. The highest BCUT2D eigenvalue weighted by Crippen LogP contribution is 2.07. The zero-order chi connectivity index (χ0) is 33.1. The first kappa shape index (κ1) is 41.4. The van der Waals surface area contributed by atoms with Gasteiger partial charge in [-0.2, -0.15) is 0 Å². The Bertz CT molecular complexity index is 718. The van der Waals surface area contributed by atoms with Gasteiger partial charge in [0.05, 0.1) is 0 Å². The van der Waals surface area contributed by atoms with Crippen LogP contribution in [0, 0.1) is 0 Å². The van der Waals surface area contributed by atoms with Crippen LogP contribution < -0.4 is 31.9 Å². The van der Waals surface area contributed by atoms with E-state index in [0.717, 1.165) is 90.4 Å². The summed E-state index contributed by atoms with van der Waals surface area (Å²) in [6.07, 6.45) is 9.24. The van der Waals surface area contributed by atoms with Gasteiger partial charge in [-0.05, 0) is 119 Å². The molecule has 44 heavy (non-hydrogen) atoms. The molecule has 0 saturated heterocycles. The summed E-state index contributed by atoms with van der Waals surface area (Å²) in [6, 6.07) is 0. The SMILES string of the molecule is CC(C)(C)OC(=O)NCCCCCC(=O)NCCCNCCCCNCCCNC(=O)CCCCCNC(=O)OC(C)(C)C. The zero-order valence-electron chi connectivity index (χ0n) is 28.6. The molecule has 0 rings (SSSR count). The average Bonchev–Trinajstić information content (AvgIpc) is 2.90. The van der Waals surface area contributed by atoms with Crippen molar-refractivity contribution in [2.24, 2.45) is 0 Å². The van der Waals surface area contributed by atoms with Gasteiger partial charge in [0.25, 0.3) is 0 Å². The number of nitrogens with one attached hydrogen (secondary N) is 6. The highest BCUT2D eigenvalue weighted by atomic mass is 16.6. The van der Waals surface area contributed by atoms with E-state index in [1.54, 1.807) is 0 Å². The van der Waals surface area contributed by atoms with Gasteiger partial charge in [-0.3, -0.25) is 9.59 Å². The fraction of sp³-hybridized carbons (Fsp3) is 0.875. The van der Waals surface area contributed by atoms with Gasteiger partial charge in [0.15, 0.2) is 0 Å². The molecule has 0 spiro atoms. The third-order valence-corrected chi connectivity index (χ3v) is 6.16. The Kier molecular flexibility index (Phi) is 24.2.